The van der Waals surface area contributed by atoms with Crippen LogP contribution in [0.4, 0.5) is 0 Å². The molecule has 0 aromatic heterocycles. The van der Waals surface area contributed by atoms with Gasteiger partial charge in [-0.3, -0.25) is 9.59 Å². The molecule has 0 unspecified atom stereocenters. The van der Waals surface area contributed by atoms with Gasteiger partial charge in [-0.25, -0.2) is 0 Å². The molecule has 5 aliphatic rings. The Bertz CT molecular complexity index is 1090. The summed E-state index contributed by atoms with van der Waals surface area (Å²) < 4.78 is 5.76. The average molecular weight is 539 g/mol. The highest BCUT2D eigenvalue weighted by atomic mass is 16.5. The molecule has 0 heterocycles. The van der Waals surface area contributed by atoms with E-state index in [-0.39, 0.29) is 27.9 Å². The number of unbranched alkanes of at least 4 members (excludes halogenated alkanes) is 1. The smallest absolute Gasteiger partial charge is 0.320 e. The van der Waals surface area contributed by atoms with Gasteiger partial charge < -0.3 is 9.84 Å². The predicted molar refractivity (Wildman–Crippen MR) is 156 cm³/mol. The van der Waals surface area contributed by atoms with Crippen molar-refractivity contribution in [3.8, 4) is 0 Å². The maximum atomic E-state index is 13.8. The molecular formula is C35H54O4. The Hall–Kier alpha value is -1.58. The van der Waals surface area contributed by atoms with E-state index < -0.39 is 11.4 Å². The fourth-order valence-electron chi connectivity index (χ4n) is 11.2. The zero-order valence-electron chi connectivity index (χ0n) is 26.0. The van der Waals surface area contributed by atoms with Gasteiger partial charge in [0, 0.05) is 5.57 Å². The molecular weight excluding hydrogens is 484 g/mol. The molecule has 5 aliphatic carbocycles. The van der Waals surface area contributed by atoms with Gasteiger partial charge in [0.05, 0.1) is 12.9 Å². The lowest BCUT2D eigenvalue weighted by molar-refractivity contribution is -0.194. The lowest BCUT2D eigenvalue weighted by atomic mass is 9.33. The summed E-state index contributed by atoms with van der Waals surface area (Å²) in [6, 6.07) is 0. The molecule has 0 aromatic carbocycles. The molecule has 0 amide bonds. The summed E-state index contributed by atoms with van der Waals surface area (Å²) in [4.78, 5) is 27.5. The summed E-state index contributed by atoms with van der Waals surface area (Å²) in [6.07, 6.45) is 14.0. The number of aliphatic hydroxyl groups excluding tert-OH is 1. The fraction of sp³-hybridized carbons (Fsp3) is 0.829. The van der Waals surface area contributed by atoms with Crippen LogP contribution < -0.4 is 0 Å². The Balaban J connectivity index is 1.58. The number of hydrogen-bond donors (Lipinski definition) is 1. The van der Waals surface area contributed by atoms with E-state index in [9.17, 15) is 14.7 Å². The van der Waals surface area contributed by atoms with Crippen LogP contribution >= 0.6 is 0 Å². The number of allylic oxidation sites excluding steroid dienone is 3. The van der Waals surface area contributed by atoms with Gasteiger partial charge in [-0.15, -0.1) is 0 Å². The number of carbonyl (C=O) groups is 2. The van der Waals surface area contributed by atoms with E-state index in [0.29, 0.717) is 41.8 Å². The number of fused-ring (bicyclic) bond motifs is 7. The van der Waals surface area contributed by atoms with Crippen molar-refractivity contribution in [3.63, 3.8) is 0 Å². The molecule has 4 fully saturated rings. The molecule has 39 heavy (non-hydrogen) atoms. The summed E-state index contributed by atoms with van der Waals surface area (Å²) in [6.45, 7) is 19.2. The van der Waals surface area contributed by atoms with Gasteiger partial charge in [0.25, 0.3) is 0 Å². The highest BCUT2D eigenvalue weighted by Crippen LogP contribution is 2.75. The van der Waals surface area contributed by atoms with Crippen LogP contribution in [-0.2, 0) is 14.3 Å². The third kappa shape index (κ3) is 3.74. The Morgan fingerprint density at radius 2 is 1.77 bits per heavy atom. The number of ketones is 1. The number of aliphatic hydroxyl groups is 1. The number of hydrogen-bond acceptors (Lipinski definition) is 4. The van der Waals surface area contributed by atoms with E-state index in [1.165, 1.54) is 25.7 Å². The first-order valence-corrected chi connectivity index (χ1v) is 16.0. The van der Waals surface area contributed by atoms with Crippen LogP contribution in [0.3, 0.4) is 0 Å². The van der Waals surface area contributed by atoms with Crippen LogP contribution in [0.25, 0.3) is 0 Å². The molecule has 0 saturated heterocycles. The summed E-state index contributed by atoms with van der Waals surface area (Å²) in [5.74, 6) is 1.72. The second kappa shape index (κ2) is 9.48. The second-order valence-corrected chi connectivity index (χ2v) is 15.7. The zero-order valence-corrected chi connectivity index (χ0v) is 26.0. The van der Waals surface area contributed by atoms with Crippen LogP contribution in [0, 0.1) is 56.7 Å². The molecule has 4 nitrogen and oxygen atoms in total. The van der Waals surface area contributed by atoms with Crippen molar-refractivity contribution in [2.24, 2.45) is 56.7 Å². The molecule has 0 spiro atoms. The van der Waals surface area contributed by atoms with Crippen LogP contribution in [-0.4, -0.2) is 23.5 Å². The van der Waals surface area contributed by atoms with Crippen LogP contribution in [0.5, 0.6) is 0 Å². The SMILES string of the molecule is CCCCOC(=O)[C@@]1(C)C(=O)/C(=C\O)C[C@]2(C)[C@H]3CC=C4[C@@H]5[C@@H](C)[C@H](C)CC[C@]5(C)CC[C@@]4(C)[C@]3(C)CC[C@@H]12. The molecule has 4 saturated carbocycles. The minimum absolute atomic E-state index is 0.0814. The van der Waals surface area contributed by atoms with Gasteiger partial charge in [0.15, 0.2) is 5.78 Å². The number of Topliss-reactive ketones (excluding diaryl/α,β-unsaturated/α-hetero) is 1. The molecule has 0 bridgehead atoms. The second-order valence-electron chi connectivity index (χ2n) is 15.7. The van der Waals surface area contributed by atoms with E-state index in [4.69, 9.17) is 4.74 Å². The highest BCUT2D eigenvalue weighted by Gasteiger charge is 2.71. The van der Waals surface area contributed by atoms with Crippen LogP contribution in [0.1, 0.15) is 120 Å². The van der Waals surface area contributed by atoms with Crippen molar-refractivity contribution in [3.05, 3.63) is 23.5 Å². The quantitative estimate of drug-likeness (QED) is 0.0972. The van der Waals surface area contributed by atoms with Crippen molar-refractivity contribution in [2.75, 3.05) is 6.61 Å². The van der Waals surface area contributed by atoms with Crippen molar-refractivity contribution < 1.29 is 19.4 Å². The van der Waals surface area contributed by atoms with Crippen LogP contribution in [0.2, 0.25) is 0 Å². The molecule has 218 valence electrons. The Morgan fingerprint density at radius 1 is 1.05 bits per heavy atom. The number of ether oxygens (including phenoxy) is 1. The molecule has 0 aliphatic heterocycles. The lowest BCUT2D eigenvalue weighted by Gasteiger charge is -2.70. The Morgan fingerprint density at radius 3 is 2.44 bits per heavy atom. The topological polar surface area (TPSA) is 63.6 Å². The zero-order chi connectivity index (χ0) is 28.6. The summed E-state index contributed by atoms with van der Waals surface area (Å²) in [5, 5.41) is 10.3. The van der Waals surface area contributed by atoms with E-state index >= 15 is 0 Å². The summed E-state index contributed by atoms with van der Waals surface area (Å²) in [5.41, 5.74) is 1.19. The third-order valence-corrected chi connectivity index (χ3v) is 14.0. The summed E-state index contributed by atoms with van der Waals surface area (Å²) >= 11 is 0. The van der Waals surface area contributed by atoms with Gasteiger partial charge in [-0.1, -0.05) is 66.5 Å². The maximum absolute atomic E-state index is 13.8. The number of esters is 1. The van der Waals surface area contributed by atoms with E-state index in [1.807, 2.05) is 6.92 Å². The number of rotatable bonds is 4. The fourth-order valence-corrected chi connectivity index (χ4v) is 11.2. The molecule has 5 rings (SSSR count). The first kappa shape index (κ1) is 28.9. The maximum Gasteiger partial charge on any atom is 0.320 e. The number of carbonyl (C=O) groups excluding carboxylic acids is 2. The lowest BCUT2D eigenvalue weighted by Crippen LogP contribution is -2.66. The predicted octanol–water partition coefficient (Wildman–Crippen LogP) is 8.61. The van der Waals surface area contributed by atoms with Crippen molar-refractivity contribution in [1.82, 2.24) is 0 Å². The molecule has 10 atom stereocenters. The van der Waals surface area contributed by atoms with Gasteiger partial charge in [-0.2, -0.15) is 0 Å². The van der Waals surface area contributed by atoms with Crippen LogP contribution in [0.15, 0.2) is 23.5 Å². The summed E-state index contributed by atoms with van der Waals surface area (Å²) in [7, 11) is 0. The van der Waals surface area contributed by atoms with Gasteiger partial charge in [-0.05, 0) is 116 Å². The average Bonchev–Trinajstić information content (AvgIpc) is 2.89. The first-order valence-electron chi connectivity index (χ1n) is 16.0. The van der Waals surface area contributed by atoms with Crippen molar-refractivity contribution in [1.29, 1.82) is 0 Å². The van der Waals surface area contributed by atoms with Gasteiger partial charge >= 0.3 is 5.97 Å². The van der Waals surface area contributed by atoms with Crippen molar-refractivity contribution >= 4 is 11.8 Å². The van der Waals surface area contributed by atoms with Gasteiger partial charge in [0.1, 0.15) is 5.41 Å². The Kier molecular flexibility index (Phi) is 7.03. The molecule has 0 radical (unpaired) electrons. The van der Waals surface area contributed by atoms with Gasteiger partial charge in [0.2, 0.25) is 0 Å². The molecule has 0 aromatic rings. The molecule has 1 N–H and O–H groups in total. The highest BCUT2D eigenvalue weighted by molar-refractivity contribution is 6.13. The first-order chi connectivity index (χ1) is 18.2. The van der Waals surface area contributed by atoms with E-state index in [0.717, 1.165) is 44.3 Å². The minimum Gasteiger partial charge on any atom is -0.515 e. The minimum atomic E-state index is -1.25. The third-order valence-electron chi connectivity index (χ3n) is 14.0. The standard InChI is InChI=1S/C35H54O4/c1-9-10-19-39-30(38)35(8)27-14-16-34(7)26(32(27,5)20-24(21-36)29(35)37)12-11-25-28-23(3)22(2)13-15-31(28,4)17-18-33(25,34)6/h11,21-23,26-28,36H,9-10,12-20H2,1-8H3/b24-21-/t22-,23+,26-,27-,28+,31-,32-,33-,34-,35-/m1/s1. The Labute approximate surface area is 237 Å². The van der Waals surface area contributed by atoms with E-state index in [1.54, 1.807) is 5.57 Å². The van der Waals surface area contributed by atoms with E-state index in [2.05, 4.69) is 54.5 Å². The molecule has 4 heteroatoms. The normalized spacial score (nSPS) is 50.3. The van der Waals surface area contributed by atoms with Crippen molar-refractivity contribution in [2.45, 2.75) is 120 Å². The largest absolute Gasteiger partial charge is 0.515 e. The monoisotopic (exact) mass is 538 g/mol.